The summed E-state index contributed by atoms with van der Waals surface area (Å²) in [5.41, 5.74) is -4.22. The van der Waals surface area contributed by atoms with Gasteiger partial charge in [0, 0.05) is 11.8 Å². The van der Waals surface area contributed by atoms with Gasteiger partial charge in [-0.05, 0) is 42.8 Å². The molecule has 0 saturated heterocycles. The Morgan fingerprint density at radius 2 is 1.85 bits per heavy atom. The highest BCUT2D eigenvalue weighted by atomic mass is 35.5. The molecule has 0 fully saturated rings. The van der Waals surface area contributed by atoms with E-state index in [1.165, 1.54) is 37.4 Å². The molecule has 0 aliphatic carbocycles. The molecule has 41 heavy (non-hydrogen) atoms. The summed E-state index contributed by atoms with van der Waals surface area (Å²) in [4.78, 5) is 31.9. The number of carbonyl (C=O) groups is 2. The summed E-state index contributed by atoms with van der Waals surface area (Å²) in [5, 5.41) is 15.7. The van der Waals surface area contributed by atoms with E-state index < -0.39 is 36.2 Å². The Bertz CT molecular complexity index is 1670. The van der Waals surface area contributed by atoms with Crippen LogP contribution in [0, 0.1) is 18.3 Å². The second-order valence-electron chi connectivity index (χ2n) is 8.25. The first-order chi connectivity index (χ1) is 18.7. The van der Waals surface area contributed by atoms with Gasteiger partial charge in [0.15, 0.2) is 23.5 Å². The standard InChI is InChI=1S/C24H14ClF6N7O2.CH4/c1-12-5-13(8-32)6-14(10-39)18(12)35-22(40)17-7-15(36-38(17)21-16(25)3-2-4-33-21)9-37-11-34-19(23(26,27)28)20(37)24(29,30)31;/h2-7,10-11H,9H2,1H3,(H,35,40);1H4. The third-order valence-corrected chi connectivity index (χ3v) is 5.80. The number of amides is 1. The van der Waals surface area contributed by atoms with Gasteiger partial charge in [-0.25, -0.2) is 14.6 Å². The first-order valence-corrected chi connectivity index (χ1v) is 11.3. The molecule has 0 spiro atoms. The van der Waals surface area contributed by atoms with Gasteiger partial charge in [-0.3, -0.25) is 9.59 Å². The average Bonchev–Trinajstić information content (AvgIpc) is 3.50. The second kappa shape index (κ2) is 11.4. The summed E-state index contributed by atoms with van der Waals surface area (Å²) in [6.45, 7) is 0.670. The van der Waals surface area contributed by atoms with E-state index in [1.807, 2.05) is 6.07 Å². The minimum Gasteiger partial charge on any atom is -0.320 e. The molecule has 0 atom stereocenters. The maximum atomic E-state index is 13.6. The maximum Gasteiger partial charge on any atom is 0.435 e. The van der Waals surface area contributed by atoms with Crippen molar-refractivity contribution < 1.29 is 35.9 Å². The zero-order valence-electron chi connectivity index (χ0n) is 20.0. The molecule has 0 aliphatic heterocycles. The van der Waals surface area contributed by atoms with Gasteiger partial charge in [0.1, 0.15) is 5.69 Å². The minimum absolute atomic E-state index is 0. The Hall–Kier alpha value is -4.71. The summed E-state index contributed by atoms with van der Waals surface area (Å²) >= 11 is 6.19. The molecule has 16 heteroatoms. The molecule has 0 bridgehead atoms. The summed E-state index contributed by atoms with van der Waals surface area (Å²) in [5.74, 6) is -1.01. The van der Waals surface area contributed by atoms with Crippen molar-refractivity contribution in [1.82, 2.24) is 24.3 Å². The number of aromatic nitrogens is 5. The number of imidazole rings is 1. The van der Waals surface area contributed by atoms with Crippen LogP contribution in [0.4, 0.5) is 32.0 Å². The molecule has 4 rings (SSSR count). The number of pyridine rings is 1. The van der Waals surface area contributed by atoms with Crippen LogP contribution in [-0.4, -0.2) is 36.5 Å². The van der Waals surface area contributed by atoms with E-state index in [-0.39, 0.29) is 51.0 Å². The predicted octanol–water partition coefficient (Wildman–Crippen LogP) is 6.08. The molecule has 1 N–H and O–H groups in total. The van der Waals surface area contributed by atoms with E-state index in [0.29, 0.717) is 18.2 Å². The number of benzene rings is 1. The molecule has 3 aromatic heterocycles. The number of hydrogen-bond acceptors (Lipinski definition) is 6. The number of hydrogen-bond donors (Lipinski definition) is 1. The SMILES string of the molecule is C.Cc1cc(C#N)cc(C=O)c1NC(=O)c1cc(Cn2cnc(C(F)(F)F)c2C(F)(F)F)nn1-c1ncccc1Cl. The van der Waals surface area contributed by atoms with Crippen molar-refractivity contribution >= 4 is 29.5 Å². The fraction of sp³-hybridized carbons (Fsp3) is 0.200. The van der Waals surface area contributed by atoms with Gasteiger partial charge in [-0.1, -0.05) is 19.0 Å². The Morgan fingerprint density at radius 3 is 2.44 bits per heavy atom. The molecule has 3 heterocycles. The largest absolute Gasteiger partial charge is 0.435 e. The summed E-state index contributed by atoms with van der Waals surface area (Å²) < 4.78 is 81.5. The second-order valence-corrected chi connectivity index (χ2v) is 8.66. The molecule has 1 amide bonds. The van der Waals surface area contributed by atoms with Crippen LogP contribution < -0.4 is 5.32 Å². The molecule has 1 aromatic carbocycles. The fourth-order valence-corrected chi connectivity index (χ4v) is 4.07. The number of carbonyl (C=O) groups excluding carboxylic acids is 2. The van der Waals surface area contributed by atoms with Crippen LogP contribution in [0.25, 0.3) is 5.82 Å². The van der Waals surface area contributed by atoms with Crippen molar-refractivity contribution in [2.45, 2.75) is 33.2 Å². The zero-order chi connectivity index (χ0) is 29.4. The van der Waals surface area contributed by atoms with Crippen molar-refractivity contribution in [3.63, 3.8) is 0 Å². The lowest BCUT2D eigenvalue weighted by molar-refractivity contribution is -0.167. The Morgan fingerprint density at radius 1 is 1.15 bits per heavy atom. The number of nitrogens with one attached hydrogen (secondary N) is 1. The Balaban J connectivity index is 0.00000462. The monoisotopic (exact) mass is 597 g/mol. The van der Waals surface area contributed by atoms with Crippen molar-refractivity contribution in [3.05, 3.63) is 87.3 Å². The van der Waals surface area contributed by atoms with Crippen LogP contribution in [-0.2, 0) is 18.9 Å². The number of nitrogens with zero attached hydrogens (tertiary/aromatic N) is 6. The van der Waals surface area contributed by atoms with E-state index >= 15 is 0 Å². The third kappa shape index (κ3) is 6.22. The highest BCUT2D eigenvalue weighted by molar-refractivity contribution is 6.32. The normalized spacial score (nSPS) is 11.5. The fourth-order valence-electron chi connectivity index (χ4n) is 3.87. The Kier molecular flexibility index (Phi) is 8.58. The van der Waals surface area contributed by atoms with Crippen LogP contribution in [0.3, 0.4) is 0 Å². The predicted molar refractivity (Wildman–Crippen MR) is 134 cm³/mol. The number of rotatable bonds is 6. The smallest absolute Gasteiger partial charge is 0.320 e. The van der Waals surface area contributed by atoms with E-state index in [0.717, 1.165) is 10.7 Å². The number of aldehydes is 1. The number of halogens is 7. The van der Waals surface area contributed by atoms with Gasteiger partial charge in [0.05, 0.1) is 40.9 Å². The topological polar surface area (TPSA) is 118 Å². The molecule has 0 radical (unpaired) electrons. The van der Waals surface area contributed by atoms with E-state index in [4.69, 9.17) is 16.9 Å². The van der Waals surface area contributed by atoms with Crippen molar-refractivity contribution in [2.75, 3.05) is 5.32 Å². The zero-order valence-corrected chi connectivity index (χ0v) is 20.7. The highest BCUT2D eigenvalue weighted by Gasteiger charge is 2.47. The first-order valence-electron chi connectivity index (χ1n) is 10.9. The van der Waals surface area contributed by atoms with Gasteiger partial charge < -0.3 is 9.88 Å². The van der Waals surface area contributed by atoms with Gasteiger partial charge >= 0.3 is 12.4 Å². The average molecular weight is 598 g/mol. The molecule has 4 aromatic rings. The van der Waals surface area contributed by atoms with E-state index in [2.05, 4.69) is 20.4 Å². The van der Waals surface area contributed by atoms with Crippen LogP contribution in [0.2, 0.25) is 5.02 Å². The summed E-state index contributed by atoms with van der Waals surface area (Å²) in [6.07, 6.45) is -8.71. The van der Waals surface area contributed by atoms with E-state index in [1.54, 1.807) is 0 Å². The maximum absolute atomic E-state index is 13.6. The molecule has 0 unspecified atom stereocenters. The summed E-state index contributed by atoms with van der Waals surface area (Å²) in [7, 11) is 0. The van der Waals surface area contributed by atoms with Gasteiger partial charge in [0.2, 0.25) is 0 Å². The van der Waals surface area contributed by atoms with Crippen molar-refractivity contribution in [2.24, 2.45) is 0 Å². The Labute approximate surface area is 233 Å². The van der Waals surface area contributed by atoms with E-state index in [9.17, 15) is 35.9 Å². The molecule has 214 valence electrons. The number of nitriles is 1. The number of anilines is 1. The minimum atomic E-state index is -5.41. The molecular weight excluding hydrogens is 580 g/mol. The van der Waals surface area contributed by atoms with Crippen molar-refractivity contribution in [1.29, 1.82) is 5.26 Å². The van der Waals surface area contributed by atoms with Crippen molar-refractivity contribution in [3.8, 4) is 11.9 Å². The van der Waals surface area contributed by atoms with Gasteiger partial charge in [0.25, 0.3) is 5.91 Å². The quantitative estimate of drug-likeness (QED) is 0.212. The lowest BCUT2D eigenvalue weighted by atomic mass is 10.0. The van der Waals surface area contributed by atoms with Crippen LogP contribution >= 0.6 is 11.6 Å². The lowest BCUT2D eigenvalue weighted by Gasteiger charge is -2.13. The molecule has 0 aliphatic rings. The number of aryl methyl sites for hydroxylation is 1. The third-order valence-electron chi connectivity index (χ3n) is 5.50. The highest BCUT2D eigenvalue weighted by Crippen LogP contribution is 2.39. The molecule has 0 saturated carbocycles. The molecular formula is C25H18ClF6N7O2. The number of alkyl halides is 6. The van der Waals surface area contributed by atoms with Gasteiger partial charge in [-0.2, -0.15) is 36.7 Å². The lowest BCUT2D eigenvalue weighted by Crippen LogP contribution is -2.20. The summed E-state index contributed by atoms with van der Waals surface area (Å²) in [6, 6.07) is 8.43. The van der Waals surface area contributed by atoms with Crippen LogP contribution in [0.1, 0.15) is 56.5 Å². The molecule has 9 nitrogen and oxygen atoms in total. The van der Waals surface area contributed by atoms with Gasteiger partial charge in [-0.15, -0.1) is 0 Å². The first kappa shape index (κ1) is 30.8. The van der Waals surface area contributed by atoms with Crippen LogP contribution in [0.15, 0.2) is 42.9 Å². The van der Waals surface area contributed by atoms with Crippen LogP contribution in [0.5, 0.6) is 0 Å².